The molecule has 2 aliphatic heterocycles. The van der Waals surface area contributed by atoms with Gasteiger partial charge < -0.3 is 4.90 Å². The number of carbonyl (C=O) groups excluding carboxylic acids is 3. The molecule has 2 fully saturated rings. The summed E-state index contributed by atoms with van der Waals surface area (Å²) in [6.45, 7) is 1.20. The number of imide groups is 2. The van der Waals surface area contributed by atoms with E-state index in [4.69, 9.17) is 0 Å². The van der Waals surface area contributed by atoms with Crippen LogP contribution in [0.4, 0.5) is 4.79 Å². The quantitative estimate of drug-likeness (QED) is 0.631. The Labute approximate surface area is 132 Å². The lowest BCUT2D eigenvalue weighted by molar-refractivity contribution is -0.943. The summed E-state index contributed by atoms with van der Waals surface area (Å²) in [5.41, 5.74) is 1.38. The first-order valence-electron chi connectivity index (χ1n) is 7.62. The van der Waals surface area contributed by atoms with Crippen molar-refractivity contribution >= 4 is 29.2 Å². The van der Waals surface area contributed by atoms with E-state index in [1.54, 1.807) is 11.3 Å². The van der Waals surface area contributed by atoms with Crippen molar-refractivity contribution in [1.29, 1.82) is 0 Å². The lowest BCUT2D eigenvalue weighted by Gasteiger charge is -2.34. The van der Waals surface area contributed by atoms with Gasteiger partial charge in [-0.15, -0.1) is 11.3 Å². The van der Waals surface area contributed by atoms with Crippen LogP contribution in [0, 0.1) is 5.92 Å². The van der Waals surface area contributed by atoms with Crippen LogP contribution < -0.4 is 4.90 Å². The number of fused-ring (bicyclic) bond motifs is 1. The molecule has 1 N–H and O–H groups in total. The third-order valence-electron chi connectivity index (χ3n) is 4.93. The molecule has 1 unspecified atom stereocenters. The number of hydrogen-bond acceptors (Lipinski definition) is 4. The van der Waals surface area contributed by atoms with Crippen LogP contribution in [0.15, 0.2) is 11.4 Å². The maximum Gasteiger partial charge on any atom is 0.338 e. The van der Waals surface area contributed by atoms with E-state index in [0.717, 1.165) is 22.8 Å². The van der Waals surface area contributed by atoms with Crippen molar-refractivity contribution in [2.45, 2.75) is 25.3 Å². The van der Waals surface area contributed by atoms with Crippen molar-refractivity contribution in [2.24, 2.45) is 5.92 Å². The first kappa shape index (κ1) is 13.9. The Hall–Kier alpha value is -1.73. The van der Waals surface area contributed by atoms with Gasteiger partial charge in [-0.05, 0) is 24.3 Å². The monoisotopic (exact) mass is 320 g/mol. The largest absolute Gasteiger partial charge is 0.338 e. The maximum atomic E-state index is 12.1. The van der Waals surface area contributed by atoms with Gasteiger partial charge in [0.25, 0.3) is 0 Å². The van der Waals surface area contributed by atoms with Gasteiger partial charge in [-0.25, -0.2) is 9.69 Å². The average molecular weight is 320 g/mol. The second-order valence-electron chi connectivity index (χ2n) is 6.31. The molecule has 1 aromatic rings. The van der Waals surface area contributed by atoms with Gasteiger partial charge in [-0.2, -0.15) is 0 Å². The fourth-order valence-corrected chi connectivity index (χ4v) is 4.56. The van der Waals surface area contributed by atoms with Gasteiger partial charge in [-0.3, -0.25) is 14.5 Å². The van der Waals surface area contributed by atoms with Gasteiger partial charge in [0, 0.05) is 29.8 Å². The number of hydrogen-bond donors (Lipinski definition) is 1. The Morgan fingerprint density at radius 2 is 2.05 bits per heavy atom. The van der Waals surface area contributed by atoms with Gasteiger partial charge in [0.05, 0.1) is 6.54 Å². The summed E-state index contributed by atoms with van der Waals surface area (Å²) in [6.07, 6.45) is 3.40. The highest BCUT2D eigenvalue weighted by Gasteiger charge is 2.48. The molecule has 1 aromatic heterocycles. The van der Waals surface area contributed by atoms with Crippen LogP contribution in [0.2, 0.25) is 0 Å². The Morgan fingerprint density at radius 3 is 2.68 bits per heavy atom. The predicted octanol–water partition coefficient (Wildman–Crippen LogP) is 0.0183. The lowest BCUT2D eigenvalue weighted by Crippen LogP contribution is -3.15. The van der Waals surface area contributed by atoms with E-state index in [2.05, 4.69) is 11.4 Å². The summed E-state index contributed by atoms with van der Waals surface area (Å²) in [4.78, 5) is 40.4. The molecule has 3 heterocycles. The highest BCUT2D eigenvalue weighted by atomic mass is 32.1. The lowest BCUT2D eigenvalue weighted by atomic mass is 9.96. The van der Waals surface area contributed by atoms with Crippen molar-refractivity contribution in [2.75, 3.05) is 20.3 Å². The molecule has 116 valence electrons. The molecule has 1 saturated heterocycles. The van der Waals surface area contributed by atoms with E-state index in [1.165, 1.54) is 35.2 Å². The molecule has 0 bridgehead atoms. The van der Waals surface area contributed by atoms with E-state index in [1.807, 2.05) is 0 Å². The third-order valence-corrected chi connectivity index (χ3v) is 5.93. The van der Waals surface area contributed by atoms with Gasteiger partial charge in [0.15, 0.2) is 6.67 Å². The number of quaternary nitrogens is 1. The van der Waals surface area contributed by atoms with E-state index in [0.29, 0.717) is 18.6 Å². The molecule has 0 aromatic carbocycles. The zero-order valence-electron chi connectivity index (χ0n) is 12.4. The Morgan fingerprint density at radius 1 is 1.27 bits per heavy atom. The highest BCUT2D eigenvalue weighted by molar-refractivity contribution is 7.10. The maximum absolute atomic E-state index is 12.1. The summed E-state index contributed by atoms with van der Waals surface area (Å²) >= 11 is 1.80. The van der Waals surface area contributed by atoms with Crippen molar-refractivity contribution in [3.63, 3.8) is 0 Å². The summed E-state index contributed by atoms with van der Waals surface area (Å²) in [6, 6.07) is 2.05. The van der Waals surface area contributed by atoms with Crippen LogP contribution in [0.25, 0.3) is 0 Å². The molecular weight excluding hydrogens is 302 g/mol. The Kier molecular flexibility index (Phi) is 3.09. The normalized spacial score (nSPS) is 28.5. The van der Waals surface area contributed by atoms with Crippen LogP contribution >= 0.6 is 11.3 Å². The number of carbonyl (C=O) groups is 3. The topological polar surface area (TPSA) is 62.1 Å². The fraction of sp³-hybridized carbons (Fsp3) is 0.533. The number of likely N-dealkylation sites (N-methyl/N-ethyl adjacent to an activating group) is 1. The highest BCUT2D eigenvalue weighted by Crippen LogP contribution is 2.42. The van der Waals surface area contributed by atoms with Crippen LogP contribution in [-0.2, 0) is 16.0 Å². The van der Waals surface area contributed by atoms with Crippen molar-refractivity contribution < 1.29 is 19.3 Å². The van der Waals surface area contributed by atoms with E-state index in [9.17, 15) is 14.4 Å². The van der Waals surface area contributed by atoms with Gasteiger partial charge in [-0.1, -0.05) is 0 Å². The molecule has 2 atom stereocenters. The zero-order valence-corrected chi connectivity index (χ0v) is 13.2. The molecule has 0 spiro atoms. The van der Waals surface area contributed by atoms with Crippen LogP contribution in [-0.4, -0.2) is 47.9 Å². The number of nitrogens with zero attached hydrogens (tertiary/aromatic N) is 2. The summed E-state index contributed by atoms with van der Waals surface area (Å²) in [5, 5.41) is 2.13. The molecule has 4 amide bonds. The molecule has 0 radical (unpaired) electrons. The Bertz CT molecular complexity index is 667. The molecule has 6 nitrogen and oxygen atoms in total. The van der Waals surface area contributed by atoms with E-state index < -0.39 is 17.8 Å². The smallest absolute Gasteiger partial charge is 0.311 e. The molecule has 3 aliphatic rings. The fourth-order valence-electron chi connectivity index (χ4n) is 3.63. The first-order valence-corrected chi connectivity index (χ1v) is 8.50. The average Bonchev–Trinajstić information content (AvgIpc) is 3.21. The van der Waals surface area contributed by atoms with Gasteiger partial charge >= 0.3 is 17.8 Å². The first-order chi connectivity index (χ1) is 10.6. The standard InChI is InChI=1S/C15H17N3O3S/c1-16-13(19)14(20)18(15(16)21)8-17-6-4-11-10(5-7-22-11)12(17)9-2-3-9/h5,7,9,12H,2-4,6,8H2,1H3/p+1/t12-/m1/s1. The minimum Gasteiger partial charge on any atom is -0.311 e. The molecule has 4 rings (SSSR count). The third kappa shape index (κ3) is 1.99. The van der Waals surface area contributed by atoms with Gasteiger partial charge in [0.1, 0.15) is 6.04 Å². The Balaban J connectivity index is 1.59. The van der Waals surface area contributed by atoms with Crippen LogP contribution in [0.1, 0.15) is 29.3 Å². The van der Waals surface area contributed by atoms with Crippen molar-refractivity contribution in [1.82, 2.24) is 9.80 Å². The molecule has 7 heteroatoms. The SMILES string of the molecule is CN1C(=O)C(=O)N(C[NH+]2CCc3sccc3[C@H]2C2CC2)C1=O. The molecule has 1 aliphatic carbocycles. The summed E-state index contributed by atoms with van der Waals surface area (Å²) in [5.74, 6) is -0.767. The molecular formula is C15H18N3O3S+. The predicted molar refractivity (Wildman–Crippen MR) is 79.2 cm³/mol. The van der Waals surface area contributed by atoms with Crippen LogP contribution in [0.5, 0.6) is 0 Å². The summed E-state index contributed by atoms with van der Waals surface area (Å²) < 4.78 is 0. The second kappa shape index (κ2) is 4.89. The van der Waals surface area contributed by atoms with Gasteiger partial charge in [0.2, 0.25) is 0 Å². The molecule has 1 saturated carbocycles. The van der Waals surface area contributed by atoms with Crippen LogP contribution in [0.3, 0.4) is 0 Å². The van der Waals surface area contributed by atoms with Crippen molar-refractivity contribution in [3.8, 4) is 0 Å². The number of amides is 4. The minimum atomic E-state index is -0.722. The minimum absolute atomic E-state index is 0.296. The van der Waals surface area contributed by atoms with Crippen molar-refractivity contribution in [3.05, 3.63) is 21.9 Å². The summed E-state index contributed by atoms with van der Waals surface area (Å²) in [7, 11) is 1.36. The number of nitrogens with one attached hydrogen (secondary N) is 1. The number of urea groups is 1. The second-order valence-corrected chi connectivity index (χ2v) is 7.31. The van der Waals surface area contributed by atoms with E-state index in [-0.39, 0.29) is 0 Å². The van der Waals surface area contributed by atoms with E-state index >= 15 is 0 Å². The zero-order chi connectivity index (χ0) is 15.4. The number of thiophene rings is 1. The molecule has 22 heavy (non-hydrogen) atoms. The number of rotatable bonds is 3.